The molecule has 0 saturated carbocycles. The van der Waals surface area contributed by atoms with E-state index in [0.717, 1.165) is 23.4 Å². The maximum absolute atomic E-state index is 11.6. The molecule has 1 heterocycles. The largest absolute Gasteiger partial charge is 0.342 e. The molecule has 5 nitrogen and oxygen atoms in total. The summed E-state index contributed by atoms with van der Waals surface area (Å²) in [5.41, 5.74) is 3.46. The molecule has 1 saturated heterocycles. The van der Waals surface area contributed by atoms with Crippen molar-refractivity contribution in [1.29, 1.82) is 0 Å². The van der Waals surface area contributed by atoms with Crippen LogP contribution in [0.25, 0.3) is 0 Å². The van der Waals surface area contributed by atoms with Gasteiger partial charge < -0.3 is 10.2 Å². The predicted molar refractivity (Wildman–Crippen MR) is 106 cm³/mol. The van der Waals surface area contributed by atoms with Crippen molar-refractivity contribution in [2.45, 2.75) is 29.9 Å². The molecule has 1 aliphatic heterocycles. The third kappa shape index (κ3) is 4.79. The Morgan fingerprint density at radius 3 is 2.65 bits per heavy atom. The van der Waals surface area contributed by atoms with Crippen LogP contribution in [0.3, 0.4) is 0 Å². The Bertz CT molecular complexity index is 884. The lowest BCUT2D eigenvalue weighted by atomic mass is 10.2. The molecule has 0 radical (unpaired) electrons. The Morgan fingerprint density at radius 2 is 1.92 bits per heavy atom. The van der Waals surface area contributed by atoms with Crippen LogP contribution in [-0.2, 0) is 14.3 Å². The highest BCUT2D eigenvalue weighted by molar-refractivity contribution is 7.99. The van der Waals surface area contributed by atoms with Gasteiger partial charge in [-0.25, -0.2) is 4.18 Å². The minimum atomic E-state index is -3.54. The zero-order valence-electron chi connectivity index (χ0n) is 15.2. The number of anilines is 1. The fourth-order valence-corrected chi connectivity index (χ4v) is 4.66. The zero-order valence-corrected chi connectivity index (χ0v) is 16.9. The summed E-state index contributed by atoms with van der Waals surface area (Å²) in [6, 6.07) is 14.5. The van der Waals surface area contributed by atoms with Crippen molar-refractivity contribution in [2.75, 3.05) is 30.8 Å². The van der Waals surface area contributed by atoms with Crippen molar-refractivity contribution in [1.82, 2.24) is 5.32 Å². The minimum Gasteiger partial charge on any atom is -0.342 e. The van der Waals surface area contributed by atoms with E-state index in [0.29, 0.717) is 13.1 Å². The monoisotopic (exact) mass is 392 g/mol. The van der Waals surface area contributed by atoms with Crippen LogP contribution >= 0.6 is 11.8 Å². The van der Waals surface area contributed by atoms with E-state index in [9.17, 15) is 8.42 Å². The molecule has 1 aliphatic rings. The quantitative estimate of drug-likeness (QED) is 0.789. The second kappa shape index (κ2) is 8.00. The van der Waals surface area contributed by atoms with Gasteiger partial charge in [0.1, 0.15) is 0 Å². The Morgan fingerprint density at radius 1 is 1.15 bits per heavy atom. The first-order valence-electron chi connectivity index (χ1n) is 8.53. The van der Waals surface area contributed by atoms with E-state index in [1.54, 1.807) is 11.8 Å². The molecule has 3 rings (SSSR count). The summed E-state index contributed by atoms with van der Waals surface area (Å²) in [4.78, 5) is 4.31. The van der Waals surface area contributed by atoms with Gasteiger partial charge in [0.15, 0.2) is 6.23 Å². The van der Waals surface area contributed by atoms with Crippen LogP contribution in [0.1, 0.15) is 11.1 Å². The Kier molecular flexibility index (Phi) is 5.92. The Balaban J connectivity index is 1.92. The van der Waals surface area contributed by atoms with E-state index < -0.39 is 16.3 Å². The number of hydrogen-bond donors (Lipinski definition) is 1. The van der Waals surface area contributed by atoms with Crippen molar-refractivity contribution in [3.63, 3.8) is 0 Å². The number of rotatable bonds is 5. The summed E-state index contributed by atoms with van der Waals surface area (Å²) in [5.74, 6) is 0. The second-order valence-corrected chi connectivity index (χ2v) is 9.18. The minimum absolute atomic E-state index is 0.468. The topological polar surface area (TPSA) is 58.6 Å². The first-order chi connectivity index (χ1) is 12.3. The lowest BCUT2D eigenvalue weighted by Gasteiger charge is -2.37. The highest BCUT2D eigenvalue weighted by Crippen LogP contribution is 2.38. The Hall–Kier alpha value is -1.54. The van der Waals surface area contributed by atoms with Gasteiger partial charge in [0.25, 0.3) is 10.1 Å². The molecule has 140 valence electrons. The third-order valence-corrected chi connectivity index (χ3v) is 6.02. The number of hydrogen-bond acceptors (Lipinski definition) is 6. The van der Waals surface area contributed by atoms with Crippen molar-refractivity contribution >= 4 is 27.6 Å². The molecule has 7 heteroatoms. The van der Waals surface area contributed by atoms with Crippen LogP contribution in [0, 0.1) is 13.8 Å². The molecular formula is C19H24N2O3S2. The van der Waals surface area contributed by atoms with Crippen LogP contribution < -0.4 is 10.2 Å². The number of nitrogens with zero attached hydrogens (tertiary/aromatic N) is 1. The molecule has 26 heavy (non-hydrogen) atoms. The number of para-hydroxylation sites is 1. The van der Waals surface area contributed by atoms with Crippen molar-refractivity contribution in [2.24, 2.45) is 0 Å². The molecule has 2 aromatic carbocycles. The van der Waals surface area contributed by atoms with Gasteiger partial charge in [0.2, 0.25) is 0 Å². The fraction of sp³-hybridized carbons (Fsp3) is 0.368. The zero-order chi connectivity index (χ0) is 18.7. The van der Waals surface area contributed by atoms with Crippen LogP contribution in [0.2, 0.25) is 0 Å². The van der Waals surface area contributed by atoms with E-state index in [1.807, 2.05) is 23.1 Å². The van der Waals surface area contributed by atoms with Crippen LogP contribution in [0.4, 0.5) is 5.69 Å². The number of piperazine rings is 1. The van der Waals surface area contributed by atoms with E-state index in [2.05, 4.69) is 43.4 Å². The van der Waals surface area contributed by atoms with Gasteiger partial charge in [0, 0.05) is 29.4 Å². The summed E-state index contributed by atoms with van der Waals surface area (Å²) in [6.45, 7) is 6.13. The Labute approximate surface area is 159 Å². The molecule has 0 amide bonds. The highest BCUT2D eigenvalue weighted by atomic mass is 32.2. The standard InChI is InChI=1S/C19H24N2O3S2/c1-14-8-9-17(15(2)12-14)25-18-7-5-4-6-16(18)21-11-10-20-13-19(21)24-26(3,22)23/h4-9,12,19-20H,10-11,13H2,1-3H3. The molecular weight excluding hydrogens is 368 g/mol. The van der Waals surface area contributed by atoms with Gasteiger partial charge in [-0.15, -0.1) is 0 Å². The fourth-order valence-electron chi connectivity index (χ4n) is 3.06. The molecule has 1 fully saturated rings. The maximum Gasteiger partial charge on any atom is 0.266 e. The number of aryl methyl sites for hydroxylation is 2. The SMILES string of the molecule is Cc1ccc(Sc2ccccc2N2CCNCC2OS(C)(=O)=O)c(C)c1. The van der Waals surface area contributed by atoms with Crippen molar-refractivity contribution < 1.29 is 12.6 Å². The summed E-state index contributed by atoms with van der Waals surface area (Å²) in [7, 11) is -3.54. The predicted octanol–water partition coefficient (Wildman–Crippen LogP) is 3.17. The van der Waals surface area contributed by atoms with E-state index in [-0.39, 0.29) is 0 Å². The third-order valence-electron chi connectivity index (χ3n) is 4.21. The van der Waals surface area contributed by atoms with Gasteiger partial charge in [-0.2, -0.15) is 8.42 Å². The average molecular weight is 393 g/mol. The number of nitrogens with one attached hydrogen (secondary N) is 1. The van der Waals surface area contributed by atoms with E-state index in [1.165, 1.54) is 16.0 Å². The summed E-state index contributed by atoms with van der Waals surface area (Å²) in [6.07, 6.45) is 0.551. The molecule has 1 unspecified atom stereocenters. The van der Waals surface area contributed by atoms with Crippen LogP contribution in [0.15, 0.2) is 52.3 Å². The molecule has 1 N–H and O–H groups in total. The molecule has 0 spiro atoms. The van der Waals surface area contributed by atoms with E-state index in [4.69, 9.17) is 4.18 Å². The number of benzene rings is 2. The van der Waals surface area contributed by atoms with Gasteiger partial charge in [-0.05, 0) is 37.6 Å². The van der Waals surface area contributed by atoms with Crippen LogP contribution in [-0.4, -0.2) is 40.5 Å². The molecule has 1 atom stereocenters. The molecule has 0 aromatic heterocycles. The van der Waals surface area contributed by atoms with Crippen molar-refractivity contribution in [3.8, 4) is 0 Å². The first kappa shape index (κ1) is 19.2. The normalized spacial score (nSPS) is 18.1. The summed E-state index contributed by atoms with van der Waals surface area (Å²) >= 11 is 1.70. The summed E-state index contributed by atoms with van der Waals surface area (Å²) < 4.78 is 28.6. The molecule has 0 aliphatic carbocycles. The first-order valence-corrected chi connectivity index (χ1v) is 11.2. The van der Waals surface area contributed by atoms with Gasteiger partial charge in [-0.3, -0.25) is 0 Å². The van der Waals surface area contributed by atoms with Crippen LogP contribution in [0.5, 0.6) is 0 Å². The average Bonchev–Trinajstić information content (AvgIpc) is 2.57. The lowest BCUT2D eigenvalue weighted by Crippen LogP contribution is -2.53. The van der Waals surface area contributed by atoms with Gasteiger partial charge in [-0.1, -0.05) is 41.6 Å². The lowest BCUT2D eigenvalue weighted by molar-refractivity contribution is 0.185. The highest BCUT2D eigenvalue weighted by Gasteiger charge is 2.28. The maximum atomic E-state index is 11.6. The smallest absolute Gasteiger partial charge is 0.266 e. The summed E-state index contributed by atoms with van der Waals surface area (Å²) in [5, 5.41) is 3.20. The van der Waals surface area contributed by atoms with Crippen molar-refractivity contribution in [3.05, 3.63) is 53.6 Å². The molecule has 0 bridgehead atoms. The van der Waals surface area contributed by atoms with Gasteiger partial charge >= 0.3 is 0 Å². The molecule has 2 aromatic rings. The van der Waals surface area contributed by atoms with E-state index >= 15 is 0 Å². The van der Waals surface area contributed by atoms with Gasteiger partial charge in [0.05, 0.1) is 11.9 Å². The second-order valence-electron chi connectivity index (χ2n) is 6.49.